The Morgan fingerprint density at radius 1 is 1.16 bits per heavy atom. The van der Waals surface area contributed by atoms with E-state index in [1.165, 1.54) is 11.1 Å². The summed E-state index contributed by atoms with van der Waals surface area (Å²) in [6.45, 7) is 9.33. The van der Waals surface area contributed by atoms with Crippen LogP contribution in [-0.4, -0.2) is 44.3 Å². The SMILES string of the molecule is CCNCCc1ccccc1CN1CCCOCC1. The van der Waals surface area contributed by atoms with Crippen LogP contribution in [0.25, 0.3) is 0 Å². The zero-order valence-electron chi connectivity index (χ0n) is 12.0. The number of nitrogens with zero attached hydrogens (tertiary/aromatic N) is 1. The Morgan fingerprint density at radius 3 is 2.84 bits per heavy atom. The second kappa shape index (κ2) is 8.31. The molecule has 0 unspecified atom stereocenters. The lowest BCUT2D eigenvalue weighted by Crippen LogP contribution is -2.26. The van der Waals surface area contributed by atoms with Gasteiger partial charge in [0.25, 0.3) is 0 Å². The van der Waals surface area contributed by atoms with Crippen molar-refractivity contribution in [2.45, 2.75) is 26.3 Å². The molecule has 3 heteroatoms. The molecule has 0 aromatic heterocycles. The van der Waals surface area contributed by atoms with Gasteiger partial charge in [-0.3, -0.25) is 4.90 Å². The van der Waals surface area contributed by atoms with Crippen LogP contribution in [0.15, 0.2) is 24.3 Å². The third kappa shape index (κ3) is 4.94. The van der Waals surface area contributed by atoms with E-state index in [2.05, 4.69) is 41.4 Å². The molecule has 1 fully saturated rings. The fourth-order valence-corrected chi connectivity index (χ4v) is 2.55. The molecule has 1 saturated heterocycles. The van der Waals surface area contributed by atoms with Crippen LogP contribution in [0.3, 0.4) is 0 Å². The first-order valence-corrected chi connectivity index (χ1v) is 7.47. The second-order valence-electron chi connectivity index (χ2n) is 5.11. The van der Waals surface area contributed by atoms with Crippen molar-refractivity contribution >= 4 is 0 Å². The minimum atomic E-state index is 0.875. The number of nitrogens with one attached hydrogen (secondary N) is 1. The quantitative estimate of drug-likeness (QED) is 0.794. The third-order valence-corrected chi connectivity index (χ3v) is 3.65. The summed E-state index contributed by atoms with van der Waals surface area (Å²) in [6.07, 6.45) is 2.27. The fourth-order valence-electron chi connectivity index (χ4n) is 2.55. The summed E-state index contributed by atoms with van der Waals surface area (Å²) in [5.74, 6) is 0. The number of rotatable bonds is 6. The standard InChI is InChI=1S/C16H26N2O/c1-2-17-9-8-15-6-3-4-7-16(15)14-18-10-5-12-19-13-11-18/h3-4,6-7,17H,2,5,8-14H2,1H3. The predicted octanol–water partition coefficient (Wildman–Crippen LogP) is 2.06. The van der Waals surface area contributed by atoms with Crippen LogP contribution < -0.4 is 5.32 Å². The maximum absolute atomic E-state index is 5.52. The van der Waals surface area contributed by atoms with Crippen LogP contribution in [-0.2, 0) is 17.7 Å². The van der Waals surface area contributed by atoms with Gasteiger partial charge in [-0.05, 0) is 37.1 Å². The molecule has 1 aromatic rings. The highest BCUT2D eigenvalue weighted by molar-refractivity contribution is 5.27. The fraction of sp³-hybridized carbons (Fsp3) is 0.625. The van der Waals surface area contributed by atoms with E-state index < -0.39 is 0 Å². The molecule has 0 spiro atoms. The van der Waals surface area contributed by atoms with Gasteiger partial charge >= 0.3 is 0 Å². The monoisotopic (exact) mass is 262 g/mol. The van der Waals surface area contributed by atoms with E-state index in [9.17, 15) is 0 Å². The molecule has 0 saturated carbocycles. The molecule has 3 nitrogen and oxygen atoms in total. The molecule has 0 radical (unpaired) electrons. The second-order valence-corrected chi connectivity index (χ2v) is 5.11. The van der Waals surface area contributed by atoms with Crippen molar-refractivity contribution in [3.63, 3.8) is 0 Å². The lowest BCUT2D eigenvalue weighted by atomic mass is 10.0. The van der Waals surface area contributed by atoms with E-state index in [0.29, 0.717) is 0 Å². The Kier molecular flexibility index (Phi) is 6.34. The molecular weight excluding hydrogens is 236 g/mol. The van der Waals surface area contributed by atoms with E-state index in [-0.39, 0.29) is 0 Å². The number of ether oxygens (including phenoxy) is 1. The first kappa shape index (κ1) is 14.5. The minimum Gasteiger partial charge on any atom is -0.380 e. The van der Waals surface area contributed by atoms with Crippen LogP contribution >= 0.6 is 0 Å². The van der Waals surface area contributed by atoms with E-state index in [1.807, 2.05) is 0 Å². The van der Waals surface area contributed by atoms with Gasteiger partial charge in [-0.25, -0.2) is 0 Å². The highest BCUT2D eigenvalue weighted by Gasteiger charge is 2.11. The molecule has 1 aliphatic heterocycles. The minimum absolute atomic E-state index is 0.875. The Bertz CT molecular complexity index is 360. The Hall–Kier alpha value is -0.900. The largest absolute Gasteiger partial charge is 0.380 e. The average Bonchev–Trinajstić information content (AvgIpc) is 2.70. The van der Waals surface area contributed by atoms with Gasteiger partial charge in [0.15, 0.2) is 0 Å². The molecule has 0 amide bonds. The smallest absolute Gasteiger partial charge is 0.0593 e. The Morgan fingerprint density at radius 2 is 2.00 bits per heavy atom. The van der Waals surface area contributed by atoms with Crippen LogP contribution in [0.1, 0.15) is 24.5 Å². The number of hydrogen-bond donors (Lipinski definition) is 1. The van der Waals surface area contributed by atoms with Crippen molar-refractivity contribution < 1.29 is 4.74 Å². The van der Waals surface area contributed by atoms with Gasteiger partial charge in [0, 0.05) is 26.2 Å². The summed E-state index contributed by atoms with van der Waals surface area (Å²) in [4.78, 5) is 2.51. The molecule has 0 bridgehead atoms. The van der Waals surface area contributed by atoms with Crippen molar-refractivity contribution in [2.24, 2.45) is 0 Å². The third-order valence-electron chi connectivity index (χ3n) is 3.65. The molecule has 1 N–H and O–H groups in total. The zero-order chi connectivity index (χ0) is 13.3. The van der Waals surface area contributed by atoms with E-state index in [0.717, 1.165) is 58.8 Å². The zero-order valence-corrected chi connectivity index (χ0v) is 12.0. The van der Waals surface area contributed by atoms with Crippen molar-refractivity contribution in [3.05, 3.63) is 35.4 Å². The molecule has 1 aliphatic rings. The molecule has 1 aromatic carbocycles. The highest BCUT2D eigenvalue weighted by Crippen LogP contribution is 2.13. The molecule has 2 rings (SSSR count). The van der Waals surface area contributed by atoms with Gasteiger partial charge in [0.05, 0.1) is 6.61 Å². The van der Waals surface area contributed by atoms with Crippen molar-refractivity contribution in [1.82, 2.24) is 10.2 Å². The summed E-state index contributed by atoms with van der Waals surface area (Å²) in [5, 5.41) is 3.40. The molecule has 1 heterocycles. The van der Waals surface area contributed by atoms with Gasteiger partial charge in [0.1, 0.15) is 0 Å². The molecular formula is C16H26N2O. The van der Waals surface area contributed by atoms with Gasteiger partial charge in [-0.1, -0.05) is 31.2 Å². The van der Waals surface area contributed by atoms with Crippen molar-refractivity contribution in [1.29, 1.82) is 0 Å². The normalized spacial score (nSPS) is 17.3. The van der Waals surface area contributed by atoms with Crippen molar-refractivity contribution in [3.8, 4) is 0 Å². The van der Waals surface area contributed by atoms with Gasteiger partial charge in [0.2, 0.25) is 0 Å². The summed E-state index contributed by atoms with van der Waals surface area (Å²) < 4.78 is 5.52. The van der Waals surface area contributed by atoms with Gasteiger partial charge < -0.3 is 10.1 Å². The molecule has 0 aliphatic carbocycles. The van der Waals surface area contributed by atoms with E-state index in [4.69, 9.17) is 4.74 Å². The Balaban J connectivity index is 1.93. The lowest BCUT2D eigenvalue weighted by molar-refractivity contribution is 0.140. The van der Waals surface area contributed by atoms with Gasteiger partial charge in [-0.15, -0.1) is 0 Å². The molecule has 106 valence electrons. The van der Waals surface area contributed by atoms with Gasteiger partial charge in [-0.2, -0.15) is 0 Å². The van der Waals surface area contributed by atoms with Crippen molar-refractivity contribution in [2.75, 3.05) is 39.4 Å². The van der Waals surface area contributed by atoms with Crippen LogP contribution in [0, 0.1) is 0 Å². The first-order valence-electron chi connectivity index (χ1n) is 7.47. The van der Waals surface area contributed by atoms with Crippen LogP contribution in [0.4, 0.5) is 0 Å². The summed E-state index contributed by atoms with van der Waals surface area (Å²) in [7, 11) is 0. The van der Waals surface area contributed by atoms with Crippen LogP contribution in [0.5, 0.6) is 0 Å². The number of benzene rings is 1. The maximum Gasteiger partial charge on any atom is 0.0593 e. The predicted molar refractivity (Wildman–Crippen MR) is 79.4 cm³/mol. The topological polar surface area (TPSA) is 24.5 Å². The van der Waals surface area contributed by atoms with Crippen LogP contribution in [0.2, 0.25) is 0 Å². The first-order chi connectivity index (χ1) is 9.40. The summed E-state index contributed by atoms with van der Waals surface area (Å²) >= 11 is 0. The highest BCUT2D eigenvalue weighted by atomic mass is 16.5. The summed E-state index contributed by atoms with van der Waals surface area (Å²) in [6, 6.07) is 8.84. The number of hydrogen-bond acceptors (Lipinski definition) is 3. The van der Waals surface area contributed by atoms with E-state index >= 15 is 0 Å². The number of likely N-dealkylation sites (N-methyl/N-ethyl adjacent to an activating group) is 1. The summed E-state index contributed by atoms with van der Waals surface area (Å²) in [5.41, 5.74) is 2.95. The van der Waals surface area contributed by atoms with E-state index in [1.54, 1.807) is 0 Å². The molecule has 19 heavy (non-hydrogen) atoms. The molecule has 0 atom stereocenters. The Labute approximate surface area is 116 Å². The average molecular weight is 262 g/mol. The maximum atomic E-state index is 5.52. The lowest BCUT2D eigenvalue weighted by Gasteiger charge is -2.21.